The lowest BCUT2D eigenvalue weighted by atomic mass is 10.1. The Balaban J connectivity index is 2.33. The summed E-state index contributed by atoms with van der Waals surface area (Å²) < 4.78 is 15.1. The van der Waals surface area contributed by atoms with Crippen LogP contribution in [0.3, 0.4) is 0 Å². The van der Waals surface area contributed by atoms with Gasteiger partial charge in [-0.25, -0.2) is 4.79 Å². The van der Waals surface area contributed by atoms with Crippen LogP contribution < -0.4 is 4.74 Å². The summed E-state index contributed by atoms with van der Waals surface area (Å²) in [5.74, 6) is -0.448. The summed E-state index contributed by atoms with van der Waals surface area (Å²) in [7, 11) is 2.75. The highest BCUT2D eigenvalue weighted by molar-refractivity contribution is 6.31. The van der Waals surface area contributed by atoms with Crippen LogP contribution in [-0.4, -0.2) is 56.8 Å². The van der Waals surface area contributed by atoms with Crippen LogP contribution in [0.4, 0.5) is 0 Å². The van der Waals surface area contributed by atoms with Crippen LogP contribution in [-0.2, 0) is 14.3 Å². The lowest BCUT2D eigenvalue weighted by molar-refractivity contribution is -0.151. The zero-order valence-electron chi connectivity index (χ0n) is 11.8. The minimum atomic E-state index is -0.764. The van der Waals surface area contributed by atoms with E-state index in [-0.39, 0.29) is 12.5 Å². The molecule has 1 saturated heterocycles. The largest absolute Gasteiger partial charge is 0.496 e. The van der Waals surface area contributed by atoms with Gasteiger partial charge in [-0.15, -0.1) is 0 Å². The van der Waals surface area contributed by atoms with Gasteiger partial charge < -0.3 is 19.1 Å². The zero-order valence-corrected chi connectivity index (χ0v) is 12.6. The fourth-order valence-corrected chi connectivity index (χ4v) is 2.35. The molecule has 0 radical (unpaired) electrons. The third-order valence-electron chi connectivity index (χ3n) is 3.25. The molecule has 2 rings (SSSR count). The first-order chi connectivity index (χ1) is 10.1. The zero-order chi connectivity index (χ0) is 15.4. The standard InChI is InChI=1S/C14H16ClNO5/c1-19-12-4-3-9(15)7-10(12)13(17)16-5-6-21-8-11(16)14(18)20-2/h3-4,7,11H,5-6,8H2,1-2H3. The summed E-state index contributed by atoms with van der Waals surface area (Å²) in [4.78, 5) is 25.9. The van der Waals surface area contributed by atoms with Crippen molar-refractivity contribution in [3.05, 3.63) is 28.8 Å². The Labute approximate surface area is 127 Å². The molecule has 1 unspecified atom stereocenters. The van der Waals surface area contributed by atoms with Gasteiger partial charge in [0.1, 0.15) is 5.75 Å². The van der Waals surface area contributed by atoms with Gasteiger partial charge in [0.05, 0.1) is 33.0 Å². The summed E-state index contributed by atoms with van der Waals surface area (Å²) in [6, 6.07) is 4.00. The summed E-state index contributed by atoms with van der Waals surface area (Å²) in [5, 5.41) is 0.419. The van der Waals surface area contributed by atoms with Crippen LogP contribution >= 0.6 is 11.6 Å². The highest BCUT2D eigenvalue weighted by atomic mass is 35.5. The van der Waals surface area contributed by atoms with E-state index >= 15 is 0 Å². The maximum atomic E-state index is 12.7. The molecule has 0 aliphatic carbocycles. The second-order valence-electron chi connectivity index (χ2n) is 4.46. The predicted octanol–water partition coefficient (Wildman–Crippen LogP) is 1.36. The SMILES string of the molecule is COC(=O)C1COCCN1C(=O)c1cc(Cl)ccc1OC. The Morgan fingerprint density at radius 2 is 2.14 bits per heavy atom. The van der Waals surface area contributed by atoms with Crippen molar-refractivity contribution >= 4 is 23.5 Å². The fraction of sp³-hybridized carbons (Fsp3) is 0.429. The molecule has 6 nitrogen and oxygen atoms in total. The molecule has 0 spiro atoms. The van der Waals surface area contributed by atoms with Crippen molar-refractivity contribution in [2.75, 3.05) is 34.0 Å². The third-order valence-corrected chi connectivity index (χ3v) is 3.49. The van der Waals surface area contributed by atoms with E-state index < -0.39 is 12.0 Å². The predicted molar refractivity (Wildman–Crippen MR) is 75.7 cm³/mol. The van der Waals surface area contributed by atoms with Crippen molar-refractivity contribution < 1.29 is 23.8 Å². The molecule has 1 amide bonds. The normalized spacial score (nSPS) is 18.2. The van der Waals surface area contributed by atoms with E-state index in [9.17, 15) is 9.59 Å². The van der Waals surface area contributed by atoms with Gasteiger partial charge in [-0.05, 0) is 18.2 Å². The molecule has 1 aliphatic rings. The molecule has 1 aliphatic heterocycles. The van der Waals surface area contributed by atoms with Crippen molar-refractivity contribution in [3.8, 4) is 5.75 Å². The Morgan fingerprint density at radius 1 is 1.38 bits per heavy atom. The van der Waals surface area contributed by atoms with Gasteiger partial charge in [0.15, 0.2) is 6.04 Å². The third kappa shape index (κ3) is 3.28. The molecule has 0 aromatic heterocycles. The van der Waals surface area contributed by atoms with Crippen molar-refractivity contribution in [3.63, 3.8) is 0 Å². The molecule has 1 aromatic carbocycles. The molecule has 1 heterocycles. The number of methoxy groups -OCH3 is 2. The first-order valence-corrected chi connectivity index (χ1v) is 6.76. The quantitative estimate of drug-likeness (QED) is 0.788. The highest BCUT2D eigenvalue weighted by Crippen LogP contribution is 2.25. The summed E-state index contributed by atoms with van der Waals surface area (Å²) in [6.45, 7) is 0.775. The number of carbonyl (C=O) groups is 2. The van der Waals surface area contributed by atoms with Gasteiger partial charge in [0.2, 0.25) is 0 Å². The Kier molecular flexibility index (Phi) is 5.03. The summed E-state index contributed by atoms with van der Waals surface area (Å²) >= 11 is 5.94. The molecule has 1 fully saturated rings. The molecule has 1 atom stereocenters. The van der Waals surface area contributed by atoms with Gasteiger partial charge in [0, 0.05) is 11.6 Å². The Bertz CT molecular complexity index is 548. The Hall–Kier alpha value is -1.79. The maximum absolute atomic E-state index is 12.7. The van der Waals surface area contributed by atoms with Crippen LogP contribution in [0.2, 0.25) is 5.02 Å². The molecule has 21 heavy (non-hydrogen) atoms. The maximum Gasteiger partial charge on any atom is 0.331 e. The van der Waals surface area contributed by atoms with Crippen LogP contribution in [0.15, 0.2) is 18.2 Å². The lowest BCUT2D eigenvalue weighted by Gasteiger charge is -2.33. The average molecular weight is 314 g/mol. The average Bonchev–Trinajstić information content (AvgIpc) is 2.53. The second kappa shape index (κ2) is 6.78. The first kappa shape index (κ1) is 15.6. The van der Waals surface area contributed by atoms with Crippen LogP contribution in [0.25, 0.3) is 0 Å². The molecule has 0 saturated carbocycles. The van der Waals surface area contributed by atoms with Gasteiger partial charge in [0.25, 0.3) is 5.91 Å². The molecular weight excluding hydrogens is 298 g/mol. The number of hydrogen-bond acceptors (Lipinski definition) is 5. The number of rotatable bonds is 3. The molecular formula is C14H16ClNO5. The van der Waals surface area contributed by atoms with Crippen molar-refractivity contribution in [2.45, 2.75) is 6.04 Å². The van der Waals surface area contributed by atoms with E-state index in [1.165, 1.54) is 25.2 Å². The van der Waals surface area contributed by atoms with Crippen molar-refractivity contribution in [2.24, 2.45) is 0 Å². The first-order valence-electron chi connectivity index (χ1n) is 6.38. The van der Waals surface area contributed by atoms with Crippen LogP contribution in [0, 0.1) is 0 Å². The fourth-order valence-electron chi connectivity index (χ4n) is 2.18. The molecule has 0 bridgehead atoms. The van der Waals surface area contributed by atoms with E-state index in [1.807, 2.05) is 0 Å². The number of benzene rings is 1. The second-order valence-corrected chi connectivity index (χ2v) is 4.89. The van der Waals surface area contributed by atoms with E-state index in [0.29, 0.717) is 29.5 Å². The summed E-state index contributed by atoms with van der Waals surface area (Å²) in [6.07, 6.45) is 0. The van der Waals surface area contributed by atoms with E-state index in [0.717, 1.165) is 0 Å². The molecule has 0 N–H and O–H groups in total. The monoisotopic (exact) mass is 313 g/mol. The van der Waals surface area contributed by atoms with Gasteiger partial charge in [-0.1, -0.05) is 11.6 Å². The number of carbonyl (C=O) groups excluding carboxylic acids is 2. The number of ether oxygens (including phenoxy) is 3. The van der Waals surface area contributed by atoms with E-state index in [2.05, 4.69) is 0 Å². The molecule has 7 heteroatoms. The topological polar surface area (TPSA) is 65.1 Å². The van der Waals surface area contributed by atoms with E-state index in [4.69, 9.17) is 25.8 Å². The van der Waals surface area contributed by atoms with Crippen LogP contribution in [0.1, 0.15) is 10.4 Å². The minimum absolute atomic E-state index is 0.112. The van der Waals surface area contributed by atoms with Gasteiger partial charge >= 0.3 is 5.97 Å². The number of amides is 1. The van der Waals surface area contributed by atoms with Crippen LogP contribution in [0.5, 0.6) is 5.75 Å². The molecule has 1 aromatic rings. The number of nitrogens with zero attached hydrogens (tertiary/aromatic N) is 1. The number of morpholine rings is 1. The summed E-state index contributed by atoms with van der Waals surface area (Å²) in [5.41, 5.74) is 0.306. The number of esters is 1. The van der Waals surface area contributed by atoms with Crippen molar-refractivity contribution in [1.29, 1.82) is 0 Å². The minimum Gasteiger partial charge on any atom is -0.496 e. The number of halogens is 1. The lowest BCUT2D eigenvalue weighted by Crippen LogP contribution is -2.53. The smallest absolute Gasteiger partial charge is 0.331 e. The van der Waals surface area contributed by atoms with Crippen molar-refractivity contribution in [1.82, 2.24) is 4.90 Å². The van der Waals surface area contributed by atoms with Gasteiger partial charge in [-0.2, -0.15) is 0 Å². The van der Waals surface area contributed by atoms with E-state index in [1.54, 1.807) is 12.1 Å². The molecule has 114 valence electrons. The highest BCUT2D eigenvalue weighted by Gasteiger charge is 2.35. The Morgan fingerprint density at radius 3 is 2.81 bits per heavy atom. The van der Waals surface area contributed by atoms with Gasteiger partial charge in [-0.3, -0.25) is 4.79 Å². The number of hydrogen-bond donors (Lipinski definition) is 0.